The third-order valence-electron chi connectivity index (χ3n) is 0.846. The highest BCUT2D eigenvalue weighted by molar-refractivity contribution is 7.85. The fourth-order valence-electron chi connectivity index (χ4n) is 0.231. The van der Waals surface area contributed by atoms with Crippen LogP contribution in [0.2, 0.25) is 0 Å². The maximum Gasteiger partial charge on any atom is 0.266 e. The van der Waals surface area contributed by atoms with Crippen molar-refractivity contribution in [1.82, 2.24) is 5.32 Å². The average molecular weight is 232 g/mol. The maximum absolute atomic E-state index is 9.91. The van der Waals surface area contributed by atoms with Gasteiger partial charge in [0.05, 0.1) is 5.75 Å². The lowest BCUT2D eigenvalue weighted by molar-refractivity contribution is 0.481. The number of nitrogens with one attached hydrogen (secondary N) is 1. The Morgan fingerprint density at radius 2 is 1.92 bits per heavy atom. The van der Waals surface area contributed by atoms with Crippen LogP contribution in [-0.2, 0) is 21.2 Å². The van der Waals surface area contributed by atoms with Crippen molar-refractivity contribution in [1.29, 1.82) is 0 Å². The van der Waals surface area contributed by atoms with Crippen LogP contribution in [0.5, 0.6) is 0 Å². The molecule has 2 N–H and O–H groups in total. The summed E-state index contributed by atoms with van der Waals surface area (Å²) in [5, 5.41) is 2.59. The molecule has 6 nitrogen and oxygen atoms in total. The molecule has 0 spiro atoms. The molecule has 0 heterocycles. The SMILES string of the molecule is CCS(=O)[O-].CNCCS(=O)(=O)O. The molecule has 0 aromatic rings. The van der Waals surface area contributed by atoms with Crippen molar-refractivity contribution in [3.8, 4) is 0 Å². The van der Waals surface area contributed by atoms with Gasteiger partial charge in [0.15, 0.2) is 0 Å². The van der Waals surface area contributed by atoms with E-state index in [0.29, 0.717) is 6.54 Å². The molecule has 0 radical (unpaired) electrons. The van der Waals surface area contributed by atoms with Gasteiger partial charge in [0.1, 0.15) is 0 Å². The molecule has 1 atom stereocenters. The van der Waals surface area contributed by atoms with Gasteiger partial charge in [-0.3, -0.25) is 8.76 Å². The van der Waals surface area contributed by atoms with Gasteiger partial charge >= 0.3 is 0 Å². The summed E-state index contributed by atoms with van der Waals surface area (Å²) in [4.78, 5) is 0. The van der Waals surface area contributed by atoms with Gasteiger partial charge in [-0.2, -0.15) is 8.42 Å². The maximum atomic E-state index is 9.91. The van der Waals surface area contributed by atoms with E-state index in [0.717, 1.165) is 0 Å². The summed E-state index contributed by atoms with van der Waals surface area (Å²) in [7, 11) is -2.13. The molecule has 0 aromatic carbocycles. The lowest BCUT2D eigenvalue weighted by Crippen LogP contribution is -2.18. The molecule has 0 aromatic heterocycles. The minimum absolute atomic E-state index is 0.219. The summed E-state index contributed by atoms with van der Waals surface area (Å²) in [5.74, 6) is 0.00347. The number of hydrogen-bond donors (Lipinski definition) is 2. The van der Waals surface area contributed by atoms with Gasteiger partial charge in [-0.05, 0) is 7.05 Å². The van der Waals surface area contributed by atoms with Crippen LogP contribution in [-0.4, -0.2) is 46.8 Å². The van der Waals surface area contributed by atoms with Crippen LogP contribution in [0.3, 0.4) is 0 Å². The Morgan fingerprint density at radius 1 is 1.54 bits per heavy atom. The first kappa shape index (κ1) is 15.5. The van der Waals surface area contributed by atoms with Gasteiger partial charge in [0.25, 0.3) is 10.1 Å². The summed E-state index contributed by atoms with van der Waals surface area (Å²) >= 11 is -1.82. The Morgan fingerprint density at radius 3 is 2.00 bits per heavy atom. The highest BCUT2D eigenvalue weighted by atomic mass is 32.2. The first-order valence-electron chi connectivity index (χ1n) is 3.49. The summed E-state index contributed by atoms with van der Waals surface area (Å²) in [6, 6.07) is 0. The second-order valence-corrected chi connectivity index (χ2v) is 4.74. The van der Waals surface area contributed by atoms with Crippen LogP contribution < -0.4 is 5.32 Å². The summed E-state index contributed by atoms with van der Waals surface area (Å²) < 4.78 is 46.6. The van der Waals surface area contributed by atoms with Crippen molar-refractivity contribution >= 4 is 21.2 Å². The summed E-state index contributed by atoms with van der Waals surface area (Å²) in [6.07, 6.45) is 0. The fraction of sp³-hybridized carbons (Fsp3) is 1.00. The predicted molar refractivity (Wildman–Crippen MR) is 49.8 cm³/mol. The smallest absolute Gasteiger partial charge is 0.266 e. The Balaban J connectivity index is 0. The molecular weight excluding hydrogens is 218 g/mol. The van der Waals surface area contributed by atoms with Gasteiger partial charge < -0.3 is 9.87 Å². The minimum atomic E-state index is -3.75. The van der Waals surface area contributed by atoms with Crippen LogP contribution >= 0.6 is 0 Å². The molecule has 0 fully saturated rings. The highest BCUT2D eigenvalue weighted by Gasteiger charge is 1.99. The predicted octanol–water partition coefficient (Wildman–Crippen LogP) is -1.02. The van der Waals surface area contributed by atoms with Crippen molar-refractivity contribution < 1.29 is 21.7 Å². The van der Waals surface area contributed by atoms with Gasteiger partial charge in [-0.25, -0.2) is 0 Å². The zero-order valence-corrected chi connectivity index (χ0v) is 9.15. The van der Waals surface area contributed by atoms with Crippen LogP contribution in [0.1, 0.15) is 6.92 Å². The molecule has 13 heavy (non-hydrogen) atoms. The van der Waals surface area contributed by atoms with Crippen molar-refractivity contribution in [3.05, 3.63) is 0 Å². The van der Waals surface area contributed by atoms with Gasteiger partial charge in [-0.1, -0.05) is 18.0 Å². The standard InChI is InChI=1S/C3H9NO3S.C2H6O2S/c1-4-2-3-8(5,6)7;1-2-5(3)4/h4H,2-3H2,1H3,(H,5,6,7);2H2,1H3,(H,3,4)/p-1. The van der Waals surface area contributed by atoms with E-state index < -0.39 is 21.2 Å². The Hall–Kier alpha value is -0.0200. The van der Waals surface area contributed by atoms with E-state index in [4.69, 9.17) is 4.55 Å². The van der Waals surface area contributed by atoms with Crippen molar-refractivity contribution in [2.24, 2.45) is 0 Å². The lowest BCUT2D eigenvalue weighted by Gasteiger charge is -1.93. The highest BCUT2D eigenvalue weighted by Crippen LogP contribution is 1.76. The minimum Gasteiger partial charge on any atom is -0.772 e. The fourth-order valence-corrected chi connectivity index (χ4v) is 0.693. The van der Waals surface area contributed by atoms with Crippen molar-refractivity contribution in [2.75, 3.05) is 25.1 Å². The van der Waals surface area contributed by atoms with Crippen molar-refractivity contribution in [3.63, 3.8) is 0 Å². The second kappa shape index (κ2) is 8.57. The van der Waals surface area contributed by atoms with E-state index >= 15 is 0 Å². The molecule has 0 aliphatic rings. The molecule has 0 saturated carbocycles. The molecule has 0 rings (SSSR count). The van der Waals surface area contributed by atoms with E-state index in [1.165, 1.54) is 0 Å². The Labute approximate surface area is 80.8 Å². The van der Waals surface area contributed by atoms with E-state index in [1.807, 2.05) is 0 Å². The van der Waals surface area contributed by atoms with E-state index in [9.17, 15) is 17.2 Å². The van der Waals surface area contributed by atoms with Crippen LogP contribution in [0.4, 0.5) is 0 Å². The van der Waals surface area contributed by atoms with E-state index in [2.05, 4.69) is 5.32 Å². The number of rotatable bonds is 4. The van der Waals surface area contributed by atoms with E-state index in [1.54, 1.807) is 14.0 Å². The van der Waals surface area contributed by atoms with Crippen LogP contribution in [0.25, 0.3) is 0 Å². The third-order valence-corrected chi connectivity index (χ3v) is 2.04. The topological polar surface area (TPSA) is 107 Å². The molecule has 8 heteroatoms. The first-order chi connectivity index (χ1) is 5.83. The Kier molecular flexibility index (Phi) is 10.2. The molecular formula is C5H14NO5S2-. The third kappa shape index (κ3) is 24.5. The summed E-state index contributed by atoms with van der Waals surface area (Å²) in [6.45, 7) is 1.88. The zero-order chi connectivity index (χ0) is 10.9. The Bertz CT molecular complexity index is 225. The lowest BCUT2D eigenvalue weighted by atomic mass is 10.8. The average Bonchev–Trinajstić information content (AvgIpc) is 2.00. The van der Waals surface area contributed by atoms with Crippen molar-refractivity contribution in [2.45, 2.75) is 6.92 Å². The monoisotopic (exact) mass is 232 g/mol. The molecule has 0 bridgehead atoms. The molecule has 0 amide bonds. The van der Waals surface area contributed by atoms with Crippen LogP contribution in [0, 0.1) is 0 Å². The molecule has 0 saturated heterocycles. The van der Waals surface area contributed by atoms with Gasteiger partial charge in [-0.15, -0.1) is 0 Å². The first-order valence-corrected chi connectivity index (χ1v) is 6.34. The van der Waals surface area contributed by atoms with Crippen LogP contribution in [0.15, 0.2) is 0 Å². The quantitative estimate of drug-likeness (QED) is 0.474. The molecule has 0 aliphatic heterocycles. The van der Waals surface area contributed by atoms with E-state index in [-0.39, 0.29) is 11.5 Å². The van der Waals surface area contributed by atoms with Gasteiger partial charge in [0, 0.05) is 12.3 Å². The van der Waals surface area contributed by atoms with Gasteiger partial charge in [0.2, 0.25) is 0 Å². The second-order valence-electron chi connectivity index (χ2n) is 1.98. The zero-order valence-electron chi connectivity index (χ0n) is 7.52. The molecule has 1 unspecified atom stereocenters. The normalized spacial score (nSPS) is 12.9. The summed E-state index contributed by atoms with van der Waals surface area (Å²) in [5.41, 5.74) is 0. The molecule has 82 valence electrons. The largest absolute Gasteiger partial charge is 0.772 e. The molecule has 0 aliphatic carbocycles. The number of hydrogen-bond acceptors (Lipinski definition) is 5.